The van der Waals surface area contributed by atoms with E-state index in [9.17, 15) is 4.79 Å². The Kier molecular flexibility index (Phi) is 3.56. The summed E-state index contributed by atoms with van der Waals surface area (Å²) in [5, 5.41) is 7.61. The molecule has 110 valence electrons. The third kappa shape index (κ3) is 2.72. The van der Waals surface area contributed by atoms with Crippen molar-refractivity contribution in [2.45, 2.75) is 33.9 Å². The van der Waals surface area contributed by atoms with E-state index in [0.29, 0.717) is 36.0 Å². The minimum absolute atomic E-state index is 0.0888. The van der Waals surface area contributed by atoms with Crippen molar-refractivity contribution in [3.63, 3.8) is 0 Å². The minimum Gasteiger partial charge on any atom is -0.340 e. The SMILES string of the molecule is Cc1nc(CNCc2nc3sc(C)c(C)c3c(=O)[nH]2)no1. The number of rotatable bonds is 4. The van der Waals surface area contributed by atoms with Gasteiger partial charge in [-0.25, -0.2) is 4.98 Å². The Labute approximate surface area is 124 Å². The zero-order valence-electron chi connectivity index (χ0n) is 12.0. The third-order valence-electron chi connectivity index (χ3n) is 3.23. The second kappa shape index (κ2) is 5.38. The van der Waals surface area contributed by atoms with Crippen LogP contribution in [-0.4, -0.2) is 20.1 Å². The molecule has 0 radical (unpaired) electrons. The van der Waals surface area contributed by atoms with Crippen molar-refractivity contribution in [2.75, 3.05) is 0 Å². The van der Waals surface area contributed by atoms with Crippen LogP contribution < -0.4 is 10.9 Å². The zero-order chi connectivity index (χ0) is 15.0. The molecule has 3 rings (SSSR count). The molecule has 0 saturated heterocycles. The number of hydrogen-bond acceptors (Lipinski definition) is 7. The van der Waals surface area contributed by atoms with Gasteiger partial charge in [0.15, 0.2) is 5.82 Å². The van der Waals surface area contributed by atoms with Crippen LogP contribution in [0.5, 0.6) is 0 Å². The van der Waals surface area contributed by atoms with Crippen molar-refractivity contribution in [1.82, 2.24) is 25.4 Å². The number of nitrogens with one attached hydrogen (secondary N) is 2. The van der Waals surface area contributed by atoms with Crippen molar-refractivity contribution in [3.8, 4) is 0 Å². The molecule has 0 unspecified atom stereocenters. The highest BCUT2D eigenvalue weighted by atomic mass is 32.1. The largest absolute Gasteiger partial charge is 0.340 e. The van der Waals surface area contributed by atoms with Crippen LogP contribution in [-0.2, 0) is 13.1 Å². The van der Waals surface area contributed by atoms with E-state index in [2.05, 4.69) is 25.4 Å². The van der Waals surface area contributed by atoms with Gasteiger partial charge >= 0.3 is 0 Å². The van der Waals surface area contributed by atoms with Gasteiger partial charge in [0, 0.05) is 11.8 Å². The van der Waals surface area contributed by atoms with Crippen LogP contribution in [0, 0.1) is 20.8 Å². The fraction of sp³-hybridized carbons (Fsp3) is 0.385. The summed E-state index contributed by atoms with van der Waals surface area (Å²) >= 11 is 1.54. The molecule has 0 aliphatic carbocycles. The van der Waals surface area contributed by atoms with Gasteiger partial charge in [0.1, 0.15) is 10.7 Å². The topological polar surface area (TPSA) is 96.7 Å². The Morgan fingerprint density at radius 3 is 2.76 bits per heavy atom. The Morgan fingerprint density at radius 1 is 1.24 bits per heavy atom. The molecule has 3 heterocycles. The van der Waals surface area contributed by atoms with Gasteiger partial charge in [0.2, 0.25) is 5.89 Å². The fourth-order valence-corrected chi connectivity index (χ4v) is 3.14. The molecule has 0 bridgehead atoms. The van der Waals surface area contributed by atoms with E-state index in [1.807, 2.05) is 13.8 Å². The van der Waals surface area contributed by atoms with E-state index in [1.54, 1.807) is 18.3 Å². The lowest BCUT2D eigenvalue weighted by Crippen LogP contribution is -2.19. The van der Waals surface area contributed by atoms with E-state index in [0.717, 1.165) is 15.3 Å². The van der Waals surface area contributed by atoms with Crippen LogP contribution in [0.4, 0.5) is 0 Å². The smallest absolute Gasteiger partial charge is 0.259 e. The zero-order valence-corrected chi connectivity index (χ0v) is 12.8. The molecule has 7 nitrogen and oxygen atoms in total. The van der Waals surface area contributed by atoms with Gasteiger partial charge in [-0.15, -0.1) is 11.3 Å². The van der Waals surface area contributed by atoms with E-state index in [1.165, 1.54) is 0 Å². The maximum Gasteiger partial charge on any atom is 0.259 e. The molecule has 8 heteroatoms. The van der Waals surface area contributed by atoms with Crippen LogP contribution in [0.1, 0.15) is 28.0 Å². The Balaban J connectivity index is 1.77. The molecular weight excluding hydrogens is 290 g/mol. The first-order chi connectivity index (χ1) is 10.0. The number of H-pyrrole nitrogens is 1. The summed E-state index contributed by atoms with van der Waals surface area (Å²) in [4.78, 5) is 25.4. The molecule has 0 fully saturated rings. The standard InChI is InChI=1S/C13H15N5O2S/c1-6-7(2)21-13-11(6)12(19)16-9(17-13)4-14-5-10-15-8(3)20-18-10/h14H,4-5H2,1-3H3,(H,16,17,19). The van der Waals surface area contributed by atoms with Crippen molar-refractivity contribution in [3.05, 3.63) is 38.3 Å². The van der Waals surface area contributed by atoms with Crippen molar-refractivity contribution in [2.24, 2.45) is 0 Å². The first kappa shape index (κ1) is 13.9. The Morgan fingerprint density at radius 2 is 2.05 bits per heavy atom. The second-order valence-corrected chi connectivity index (χ2v) is 6.01. The lowest BCUT2D eigenvalue weighted by molar-refractivity contribution is 0.385. The summed E-state index contributed by atoms with van der Waals surface area (Å²) in [6, 6.07) is 0. The maximum absolute atomic E-state index is 12.1. The number of thiophene rings is 1. The summed E-state index contributed by atoms with van der Waals surface area (Å²) in [6.07, 6.45) is 0. The molecule has 0 amide bonds. The predicted octanol–water partition coefficient (Wildman–Crippen LogP) is 1.58. The summed E-state index contributed by atoms with van der Waals surface area (Å²) in [7, 11) is 0. The Bertz CT molecular complexity index is 848. The number of aromatic nitrogens is 4. The second-order valence-electron chi connectivity index (χ2n) is 4.81. The van der Waals surface area contributed by atoms with Gasteiger partial charge in [0.05, 0.1) is 18.5 Å². The van der Waals surface area contributed by atoms with Crippen LogP contribution in [0.3, 0.4) is 0 Å². The van der Waals surface area contributed by atoms with Gasteiger partial charge in [-0.05, 0) is 19.4 Å². The third-order valence-corrected chi connectivity index (χ3v) is 4.33. The summed E-state index contributed by atoms with van der Waals surface area (Å²) in [5.74, 6) is 1.72. The molecule has 3 aromatic heterocycles. The first-order valence-corrected chi connectivity index (χ1v) is 7.35. The summed E-state index contributed by atoms with van der Waals surface area (Å²) in [6.45, 7) is 6.58. The van der Waals surface area contributed by atoms with Crippen LogP contribution in [0.2, 0.25) is 0 Å². The lowest BCUT2D eigenvalue weighted by atomic mass is 10.2. The van der Waals surface area contributed by atoms with Crippen LogP contribution in [0.25, 0.3) is 10.2 Å². The van der Waals surface area contributed by atoms with Crippen molar-refractivity contribution < 1.29 is 4.52 Å². The molecule has 0 spiro atoms. The van der Waals surface area contributed by atoms with Crippen molar-refractivity contribution in [1.29, 1.82) is 0 Å². The highest BCUT2D eigenvalue weighted by Gasteiger charge is 2.11. The number of hydrogen-bond donors (Lipinski definition) is 2. The lowest BCUT2D eigenvalue weighted by Gasteiger charge is -2.01. The van der Waals surface area contributed by atoms with Gasteiger partial charge in [-0.2, -0.15) is 4.98 Å². The average Bonchev–Trinajstić information content (AvgIpc) is 2.95. The van der Waals surface area contributed by atoms with Crippen molar-refractivity contribution >= 4 is 21.6 Å². The molecular formula is C13H15N5O2S. The van der Waals surface area contributed by atoms with E-state index < -0.39 is 0 Å². The first-order valence-electron chi connectivity index (χ1n) is 6.53. The fourth-order valence-electron chi connectivity index (χ4n) is 2.09. The average molecular weight is 305 g/mol. The molecule has 3 aromatic rings. The van der Waals surface area contributed by atoms with E-state index in [-0.39, 0.29) is 5.56 Å². The number of nitrogens with zero attached hydrogens (tertiary/aromatic N) is 3. The minimum atomic E-state index is -0.0888. The molecule has 0 aliphatic rings. The molecule has 0 saturated carbocycles. The molecule has 2 N–H and O–H groups in total. The monoisotopic (exact) mass is 305 g/mol. The highest BCUT2D eigenvalue weighted by molar-refractivity contribution is 7.18. The molecule has 0 aromatic carbocycles. The van der Waals surface area contributed by atoms with Gasteiger partial charge in [0.25, 0.3) is 5.56 Å². The predicted molar refractivity (Wildman–Crippen MR) is 79.3 cm³/mol. The van der Waals surface area contributed by atoms with Gasteiger partial charge < -0.3 is 14.8 Å². The molecule has 0 aliphatic heterocycles. The van der Waals surface area contributed by atoms with Crippen LogP contribution >= 0.6 is 11.3 Å². The quantitative estimate of drug-likeness (QED) is 0.759. The summed E-state index contributed by atoms with van der Waals surface area (Å²) < 4.78 is 4.89. The van der Waals surface area contributed by atoms with E-state index in [4.69, 9.17) is 4.52 Å². The maximum atomic E-state index is 12.1. The number of aromatic amines is 1. The van der Waals surface area contributed by atoms with Crippen LogP contribution in [0.15, 0.2) is 9.32 Å². The number of aryl methyl sites for hydroxylation is 3. The van der Waals surface area contributed by atoms with Gasteiger partial charge in [-0.1, -0.05) is 5.16 Å². The number of fused-ring (bicyclic) bond motifs is 1. The highest BCUT2D eigenvalue weighted by Crippen LogP contribution is 2.25. The van der Waals surface area contributed by atoms with Gasteiger partial charge in [-0.3, -0.25) is 4.79 Å². The summed E-state index contributed by atoms with van der Waals surface area (Å²) in [5.41, 5.74) is 0.916. The molecule has 0 atom stereocenters. The Hall–Kier alpha value is -2.06. The normalized spacial score (nSPS) is 11.4. The molecule has 21 heavy (non-hydrogen) atoms. The van der Waals surface area contributed by atoms with E-state index >= 15 is 0 Å².